The van der Waals surface area contributed by atoms with E-state index >= 15 is 0 Å². The lowest BCUT2D eigenvalue weighted by atomic mass is 9.89. The van der Waals surface area contributed by atoms with Crippen LogP contribution in [-0.4, -0.2) is 221 Å². The average Bonchev–Trinajstić information content (AvgIpc) is 4.24. The maximum absolute atomic E-state index is 14.6. The Morgan fingerprint density at radius 2 is 1.39 bits per heavy atom. The molecule has 466 valence electrons. The molecule has 0 spiro atoms. The smallest absolute Gasteiger partial charge is 0.407 e. The van der Waals surface area contributed by atoms with Crippen molar-refractivity contribution >= 4 is 47.5 Å². The van der Waals surface area contributed by atoms with Gasteiger partial charge in [0.1, 0.15) is 31.3 Å². The summed E-state index contributed by atoms with van der Waals surface area (Å²) in [5.41, 5.74) is 0.779. The van der Waals surface area contributed by atoms with Gasteiger partial charge in [-0.05, 0) is 76.4 Å². The minimum absolute atomic E-state index is 0.00142. The maximum atomic E-state index is 14.6. The molecule has 2 heterocycles. The lowest BCUT2D eigenvalue weighted by molar-refractivity contribution is -0.181. The molecule has 82 heavy (non-hydrogen) atoms. The van der Waals surface area contributed by atoms with Gasteiger partial charge in [0.25, 0.3) is 0 Å². The molecule has 23 nitrogen and oxygen atoms in total. The molecule has 2 fully saturated rings. The lowest BCUT2D eigenvalue weighted by Crippen LogP contribution is -2.59. The molecule has 13 atom stereocenters. The van der Waals surface area contributed by atoms with E-state index in [-0.39, 0.29) is 87.0 Å². The number of aliphatic hydroxyl groups excluding tert-OH is 1. The van der Waals surface area contributed by atoms with Crippen LogP contribution < -0.4 is 21.3 Å². The third-order valence-electron chi connectivity index (χ3n) is 15.8. The Kier molecular flexibility index (Phi) is 30.8. The van der Waals surface area contributed by atoms with Crippen molar-refractivity contribution < 1.29 is 71.9 Å². The summed E-state index contributed by atoms with van der Waals surface area (Å²) in [6.07, 6.45) is -0.342. The number of ether oxygens (including phenoxy) is 6. The number of hydrogen-bond acceptors (Lipinski definition) is 16. The summed E-state index contributed by atoms with van der Waals surface area (Å²) in [5.74, 6) is -3.91. The zero-order valence-electron chi connectivity index (χ0n) is 51.6. The maximum Gasteiger partial charge on any atom is 0.407 e. The molecular weight excluding hydrogens is 1060 g/mol. The van der Waals surface area contributed by atoms with E-state index in [0.29, 0.717) is 51.6 Å². The van der Waals surface area contributed by atoms with E-state index in [0.717, 1.165) is 5.56 Å². The van der Waals surface area contributed by atoms with E-state index in [1.54, 1.807) is 30.7 Å². The molecule has 0 aliphatic carbocycles. The van der Waals surface area contributed by atoms with Crippen LogP contribution in [0.5, 0.6) is 0 Å². The van der Waals surface area contributed by atoms with Gasteiger partial charge in [0, 0.05) is 60.9 Å². The first-order valence-corrected chi connectivity index (χ1v) is 29.3. The Morgan fingerprint density at radius 3 is 1.96 bits per heavy atom. The highest BCUT2D eigenvalue weighted by Crippen LogP contribution is 2.30. The van der Waals surface area contributed by atoms with E-state index in [9.17, 15) is 43.5 Å². The van der Waals surface area contributed by atoms with Crippen LogP contribution in [-0.2, 0) is 68.4 Å². The molecule has 23 heteroatoms. The minimum atomic E-state index is -1.06. The van der Waals surface area contributed by atoms with Crippen molar-refractivity contribution in [3.8, 4) is 0 Å². The highest BCUT2D eigenvalue weighted by atomic mass is 16.7. The molecular formula is C59H100N8O15. The summed E-state index contributed by atoms with van der Waals surface area (Å²) in [5, 5.41) is 20.8. The Balaban J connectivity index is 1.68. The van der Waals surface area contributed by atoms with Gasteiger partial charge in [-0.3, -0.25) is 33.7 Å². The van der Waals surface area contributed by atoms with E-state index in [1.807, 2.05) is 97.8 Å². The van der Waals surface area contributed by atoms with Crippen LogP contribution in [0.3, 0.4) is 0 Å². The first-order chi connectivity index (χ1) is 38.9. The number of rotatable bonds is 35. The number of likely N-dealkylation sites (tertiary alicyclic amines) is 2. The SMILES string of the molecule is CCC(CO)OC(COC(=O)NCCC(=O)N1CCCC1C(=O)OCC(C)NC(=O)[C@H](Cc1ccccc1)NC(=O)[C@H](C)[C@@H](OC)[C@@H]1CCCN1C(=O)C[C@@H](OC)[C@H]([C@@H](C)CC)N(C)C(=O)[C@@H](NC(=O)[C@H](C(C)C)N(C)C)C(C)C)OC. The molecule has 5 N–H and O–H groups in total. The van der Waals surface area contributed by atoms with Crippen LogP contribution >= 0.6 is 0 Å². The van der Waals surface area contributed by atoms with Crippen LogP contribution in [0.25, 0.3) is 0 Å². The number of nitrogens with one attached hydrogen (secondary N) is 4. The second-order valence-electron chi connectivity index (χ2n) is 22.8. The van der Waals surface area contributed by atoms with Gasteiger partial charge >= 0.3 is 12.1 Å². The van der Waals surface area contributed by atoms with Crippen molar-refractivity contribution in [2.24, 2.45) is 23.7 Å². The number of aliphatic hydroxyl groups is 1. The second-order valence-corrected chi connectivity index (χ2v) is 22.8. The van der Waals surface area contributed by atoms with Gasteiger partial charge < -0.3 is 69.5 Å². The predicted octanol–water partition coefficient (Wildman–Crippen LogP) is 3.28. The van der Waals surface area contributed by atoms with Crippen LogP contribution in [0.4, 0.5) is 4.79 Å². The van der Waals surface area contributed by atoms with E-state index in [2.05, 4.69) is 21.3 Å². The molecule has 3 rings (SSSR count). The summed E-state index contributed by atoms with van der Waals surface area (Å²) in [4.78, 5) is 117. The molecule has 1 aromatic carbocycles. The molecule has 2 aliphatic heterocycles. The van der Waals surface area contributed by atoms with E-state index < -0.39 is 96.7 Å². The molecule has 0 bridgehead atoms. The Bertz CT molecular complexity index is 2160. The number of hydrogen-bond donors (Lipinski definition) is 5. The van der Waals surface area contributed by atoms with Gasteiger partial charge in [-0.2, -0.15) is 0 Å². The number of likely N-dealkylation sites (N-methyl/N-ethyl adjacent to an activating group) is 2. The Hall–Kier alpha value is -5.46. The van der Waals surface area contributed by atoms with Crippen LogP contribution in [0.2, 0.25) is 0 Å². The van der Waals surface area contributed by atoms with E-state index in [1.165, 1.54) is 26.2 Å². The molecule has 7 amide bonds. The van der Waals surface area contributed by atoms with Crippen molar-refractivity contribution in [1.29, 1.82) is 0 Å². The summed E-state index contributed by atoms with van der Waals surface area (Å²) in [6, 6.07) is 4.26. The van der Waals surface area contributed by atoms with Crippen LogP contribution in [0.1, 0.15) is 119 Å². The van der Waals surface area contributed by atoms with Gasteiger partial charge in [0.05, 0.1) is 61.4 Å². The van der Waals surface area contributed by atoms with Crippen molar-refractivity contribution in [3.63, 3.8) is 0 Å². The number of carbonyl (C=O) groups excluding carboxylic acids is 8. The lowest BCUT2D eigenvalue weighted by Gasteiger charge is -2.41. The number of nitrogens with zero attached hydrogens (tertiary/aromatic N) is 4. The van der Waals surface area contributed by atoms with Crippen molar-refractivity contribution in [2.75, 3.05) is 81.9 Å². The fourth-order valence-electron chi connectivity index (χ4n) is 11.0. The number of esters is 1. The fourth-order valence-corrected chi connectivity index (χ4v) is 11.0. The fraction of sp³-hybridized carbons (Fsp3) is 0.763. The number of alkyl carbamates (subject to hydrolysis) is 1. The molecule has 2 aliphatic rings. The van der Waals surface area contributed by atoms with Crippen molar-refractivity contribution in [2.45, 2.75) is 187 Å². The van der Waals surface area contributed by atoms with Crippen molar-refractivity contribution in [1.82, 2.24) is 40.9 Å². The topological polar surface area (TPSA) is 273 Å². The van der Waals surface area contributed by atoms with Gasteiger partial charge in [-0.25, -0.2) is 9.59 Å². The van der Waals surface area contributed by atoms with Crippen molar-refractivity contribution in [3.05, 3.63) is 35.9 Å². The van der Waals surface area contributed by atoms with Crippen LogP contribution in [0.15, 0.2) is 30.3 Å². The quantitative estimate of drug-likeness (QED) is 0.0482. The number of benzene rings is 1. The second kappa shape index (κ2) is 35.6. The zero-order valence-corrected chi connectivity index (χ0v) is 51.6. The monoisotopic (exact) mass is 1160 g/mol. The van der Waals surface area contributed by atoms with Gasteiger partial charge in [0.2, 0.25) is 35.4 Å². The number of amides is 7. The largest absolute Gasteiger partial charge is 0.462 e. The highest BCUT2D eigenvalue weighted by Gasteiger charge is 2.44. The first kappa shape index (κ1) is 70.8. The zero-order chi connectivity index (χ0) is 61.4. The molecule has 2 saturated heterocycles. The molecule has 0 aromatic heterocycles. The minimum Gasteiger partial charge on any atom is -0.462 e. The number of carbonyl (C=O) groups is 8. The van der Waals surface area contributed by atoms with Gasteiger partial charge in [-0.1, -0.05) is 92.1 Å². The number of methoxy groups -OCH3 is 3. The normalized spacial score (nSPS) is 19.5. The first-order valence-electron chi connectivity index (χ1n) is 29.3. The van der Waals surface area contributed by atoms with E-state index in [4.69, 9.17) is 28.4 Å². The summed E-state index contributed by atoms with van der Waals surface area (Å²) >= 11 is 0. The van der Waals surface area contributed by atoms with Gasteiger partial charge in [-0.15, -0.1) is 0 Å². The molecule has 1 aromatic rings. The Morgan fingerprint density at radius 1 is 0.732 bits per heavy atom. The summed E-state index contributed by atoms with van der Waals surface area (Å²) in [6.45, 7) is 16.9. The molecule has 4 unspecified atom stereocenters. The molecule has 0 saturated carbocycles. The van der Waals surface area contributed by atoms with Crippen LogP contribution in [0, 0.1) is 23.7 Å². The highest BCUT2D eigenvalue weighted by molar-refractivity contribution is 5.91. The summed E-state index contributed by atoms with van der Waals surface area (Å²) < 4.78 is 33.6. The third-order valence-corrected chi connectivity index (χ3v) is 15.8. The Labute approximate surface area is 487 Å². The predicted molar refractivity (Wildman–Crippen MR) is 308 cm³/mol. The average molecular weight is 1160 g/mol. The third kappa shape index (κ3) is 21.0. The van der Waals surface area contributed by atoms with Gasteiger partial charge in [0.15, 0.2) is 6.29 Å². The molecule has 0 radical (unpaired) electrons. The standard InChI is InChI=1S/C59H100N8O15/c1-16-38(7)52(65(12)57(74)50(36(3)4)63-56(73)51(37(5)6)64(10)11)46(77-13)32-48(70)66-29-21-25-44(66)53(79-15)40(9)54(71)62-43(31-41-23-19-18-20-24-41)55(72)61-39(8)34-80-58(75)45-26-22-30-67(45)47(69)27-28-60-59(76)81-35-49(78-14)82-42(17-2)33-68/h18-20,23-24,36-40,42-46,49-53,68H,16-17,21-22,25-35H2,1-15H3,(H,60,76)(H,61,72)(H,62,71)(H,63,73)/t38-,39?,40+,42?,43-,44-,45?,46+,49?,50-,51-,52-,53+/m0/s1. The summed E-state index contributed by atoms with van der Waals surface area (Å²) in [7, 11) is 9.78.